The lowest BCUT2D eigenvalue weighted by atomic mass is 9.34. The lowest BCUT2D eigenvalue weighted by Gasteiger charge is -2.68. The number of benzene rings is 3. The fourth-order valence-electron chi connectivity index (χ4n) is 8.33. The molecule has 4 fully saturated rings. The monoisotopic (exact) mass is 460 g/mol. The molecule has 0 radical (unpaired) electrons. The number of phenolic OH excluding ortho intramolecular Hbond substituents is 6. The number of rotatable bonds is 3. The average Bonchev–Trinajstić information content (AvgIpc) is 2.76. The second kappa shape index (κ2) is 6.98. The zero-order chi connectivity index (χ0) is 23.8. The van der Waals surface area contributed by atoms with Crippen LogP contribution in [0.25, 0.3) is 0 Å². The minimum absolute atomic E-state index is 0.0730. The van der Waals surface area contributed by atoms with Crippen LogP contribution in [0.1, 0.15) is 48.8 Å². The molecule has 2 unspecified atom stereocenters. The van der Waals surface area contributed by atoms with Crippen molar-refractivity contribution in [3.63, 3.8) is 0 Å². The zero-order valence-electron chi connectivity index (χ0n) is 18.6. The smallest absolute Gasteiger partial charge is 0.123 e. The van der Waals surface area contributed by atoms with Crippen LogP contribution in [0, 0.1) is 17.8 Å². The number of aromatic hydroxyl groups is 6. The first-order chi connectivity index (χ1) is 16.3. The van der Waals surface area contributed by atoms with Gasteiger partial charge in [-0.25, -0.2) is 0 Å². The Balaban J connectivity index is 1.83. The molecule has 0 aromatic heterocycles. The molecule has 6 nitrogen and oxygen atoms in total. The Morgan fingerprint density at radius 2 is 0.853 bits per heavy atom. The fraction of sp³-hybridized carbons (Fsp3) is 0.357. The average molecular weight is 461 g/mol. The van der Waals surface area contributed by atoms with E-state index in [9.17, 15) is 30.6 Å². The first-order valence-electron chi connectivity index (χ1n) is 11.8. The van der Waals surface area contributed by atoms with Crippen molar-refractivity contribution in [2.24, 2.45) is 17.8 Å². The van der Waals surface area contributed by atoms with E-state index in [0.717, 1.165) is 19.3 Å². The third kappa shape index (κ3) is 2.46. The van der Waals surface area contributed by atoms with E-state index in [-0.39, 0.29) is 51.5 Å². The quantitative estimate of drug-likeness (QED) is 0.328. The van der Waals surface area contributed by atoms with E-state index in [1.54, 1.807) is 18.2 Å². The summed E-state index contributed by atoms with van der Waals surface area (Å²) in [7, 11) is 0. The third-order valence-corrected chi connectivity index (χ3v) is 8.87. The van der Waals surface area contributed by atoms with Gasteiger partial charge in [0.05, 0.1) is 0 Å². The van der Waals surface area contributed by atoms with Gasteiger partial charge in [0, 0.05) is 27.5 Å². The summed E-state index contributed by atoms with van der Waals surface area (Å²) < 4.78 is 0. The molecule has 6 heteroatoms. The molecule has 0 saturated heterocycles. The summed E-state index contributed by atoms with van der Waals surface area (Å²) in [5.74, 6) is -0.248. The van der Waals surface area contributed by atoms with E-state index in [1.165, 1.54) is 36.4 Å². The number of hydrogen-bond donors (Lipinski definition) is 6. The van der Waals surface area contributed by atoms with Crippen LogP contribution in [-0.2, 0) is 10.8 Å². The topological polar surface area (TPSA) is 121 Å². The van der Waals surface area contributed by atoms with Crippen molar-refractivity contribution in [2.45, 2.75) is 42.9 Å². The van der Waals surface area contributed by atoms with E-state index in [0.29, 0.717) is 30.2 Å². The first kappa shape index (κ1) is 21.0. The van der Waals surface area contributed by atoms with Gasteiger partial charge in [0.1, 0.15) is 34.5 Å². The molecular weight excluding hydrogens is 432 g/mol. The Morgan fingerprint density at radius 3 is 1.24 bits per heavy atom. The maximum Gasteiger partial charge on any atom is 0.123 e. The van der Waals surface area contributed by atoms with Crippen LogP contribution in [0.2, 0.25) is 0 Å². The maximum atomic E-state index is 11.2. The van der Waals surface area contributed by atoms with Gasteiger partial charge in [-0.05, 0) is 86.3 Å². The van der Waals surface area contributed by atoms with Crippen LogP contribution in [0.5, 0.6) is 34.5 Å². The first-order valence-corrected chi connectivity index (χ1v) is 11.8. The summed E-state index contributed by atoms with van der Waals surface area (Å²) in [6.07, 6.45) is 3.77. The molecule has 0 heterocycles. The van der Waals surface area contributed by atoms with Gasteiger partial charge in [-0.2, -0.15) is 0 Å². The zero-order valence-corrected chi connectivity index (χ0v) is 18.6. The van der Waals surface area contributed by atoms with Gasteiger partial charge in [0.15, 0.2) is 0 Å². The van der Waals surface area contributed by atoms with E-state index in [1.807, 2.05) is 0 Å². The van der Waals surface area contributed by atoms with Crippen molar-refractivity contribution < 1.29 is 30.6 Å². The number of hydrogen-bond acceptors (Lipinski definition) is 6. The molecule has 2 atom stereocenters. The van der Waals surface area contributed by atoms with Gasteiger partial charge in [-0.1, -0.05) is 18.2 Å². The van der Waals surface area contributed by atoms with E-state index in [2.05, 4.69) is 0 Å². The molecule has 34 heavy (non-hydrogen) atoms. The van der Waals surface area contributed by atoms with Crippen LogP contribution in [0.4, 0.5) is 0 Å². The molecule has 4 aliphatic carbocycles. The van der Waals surface area contributed by atoms with Gasteiger partial charge in [0.2, 0.25) is 0 Å². The second-order valence-corrected chi connectivity index (χ2v) is 10.4. The van der Waals surface area contributed by atoms with Crippen LogP contribution >= 0.6 is 0 Å². The van der Waals surface area contributed by atoms with E-state index in [4.69, 9.17) is 0 Å². The second-order valence-electron chi connectivity index (χ2n) is 10.4. The lowest BCUT2D eigenvalue weighted by Crippen LogP contribution is -2.65. The molecule has 0 spiro atoms. The van der Waals surface area contributed by atoms with Crippen LogP contribution in [0.15, 0.2) is 54.6 Å². The summed E-state index contributed by atoms with van der Waals surface area (Å²) in [6.45, 7) is 0. The largest absolute Gasteiger partial charge is 0.508 e. The highest BCUT2D eigenvalue weighted by Crippen LogP contribution is 2.75. The standard InChI is InChI=1S/C28H28O6/c29-18-4-1-5-19(30)24(18)27-13-15-10-16(14-27)12-17(11-15)28(27,25-20(31)6-2-7-21(25)32)26-22(33)8-3-9-23(26)34/h1-9,15-17,29-34H,10-14H2. The van der Waals surface area contributed by atoms with Gasteiger partial charge in [0.25, 0.3) is 0 Å². The van der Waals surface area contributed by atoms with Crippen molar-refractivity contribution in [1.29, 1.82) is 0 Å². The Kier molecular flexibility index (Phi) is 4.32. The van der Waals surface area contributed by atoms with Crippen LogP contribution in [-0.4, -0.2) is 30.6 Å². The summed E-state index contributed by atoms with van der Waals surface area (Å²) >= 11 is 0. The molecule has 4 saturated carbocycles. The van der Waals surface area contributed by atoms with E-state index < -0.39 is 10.8 Å². The summed E-state index contributed by atoms with van der Waals surface area (Å²) in [5.41, 5.74) is -1.48. The minimum Gasteiger partial charge on any atom is -0.508 e. The van der Waals surface area contributed by atoms with Crippen molar-refractivity contribution in [1.82, 2.24) is 0 Å². The molecule has 0 aliphatic heterocycles. The van der Waals surface area contributed by atoms with Crippen LogP contribution in [0.3, 0.4) is 0 Å². The van der Waals surface area contributed by atoms with Crippen molar-refractivity contribution >= 4 is 0 Å². The molecule has 3 aromatic carbocycles. The highest BCUT2D eigenvalue weighted by Gasteiger charge is 2.70. The molecule has 0 amide bonds. The SMILES string of the molecule is Oc1cccc(O)c1C12CC3CC(CC(C3)C1(c1c(O)cccc1O)c1c(O)cccc1O)C2. The molecule has 6 N–H and O–H groups in total. The normalized spacial score (nSPS) is 28.8. The lowest BCUT2D eigenvalue weighted by molar-refractivity contribution is -0.0716. The molecule has 176 valence electrons. The Morgan fingerprint density at radius 1 is 0.500 bits per heavy atom. The predicted molar refractivity (Wildman–Crippen MR) is 125 cm³/mol. The summed E-state index contributed by atoms with van der Waals surface area (Å²) in [4.78, 5) is 0. The van der Waals surface area contributed by atoms with Crippen molar-refractivity contribution in [3.8, 4) is 34.5 Å². The maximum absolute atomic E-state index is 11.2. The van der Waals surface area contributed by atoms with Gasteiger partial charge in [-0.15, -0.1) is 0 Å². The molecule has 4 aliphatic rings. The third-order valence-electron chi connectivity index (χ3n) is 8.87. The van der Waals surface area contributed by atoms with Gasteiger partial charge >= 0.3 is 0 Å². The van der Waals surface area contributed by atoms with Gasteiger partial charge < -0.3 is 30.6 Å². The number of phenols is 6. The minimum atomic E-state index is -1.29. The van der Waals surface area contributed by atoms with Gasteiger partial charge in [-0.3, -0.25) is 0 Å². The predicted octanol–water partition coefficient (Wildman–Crippen LogP) is 4.98. The Hall–Kier alpha value is -3.54. The highest BCUT2D eigenvalue weighted by atomic mass is 16.3. The summed E-state index contributed by atoms with van der Waals surface area (Å²) in [6, 6.07) is 13.7. The molecular formula is C28H28O6. The van der Waals surface area contributed by atoms with Crippen LogP contribution < -0.4 is 0 Å². The van der Waals surface area contributed by atoms with Crippen molar-refractivity contribution in [3.05, 3.63) is 71.3 Å². The fourth-order valence-corrected chi connectivity index (χ4v) is 8.33. The molecule has 4 bridgehead atoms. The highest BCUT2D eigenvalue weighted by molar-refractivity contribution is 5.68. The van der Waals surface area contributed by atoms with Crippen molar-refractivity contribution in [2.75, 3.05) is 0 Å². The molecule has 3 aromatic rings. The summed E-state index contributed by atoms with van der Waals surface area (Å²) in [5, 5.41) is 67.2. The molecule has 7 rings (SSSR count). The van der Waals surface area contributed by atoms with E-state index >= 15 is 0 Å². The Labute approximate surface area is 197 Å². The Bertz CT molecular complexity index is 1170.